The number of aryl methyl sites for hydroxylation is 1. The summed E-state index contributed by atoms with van der Waals surface area (Å²) in [6.45, 7) is 3.79. The van der Waals surface area contributed by atoms with Gasteiger partial charge in [-0.2, -0.15) is 5.10 Å². The van der Waals surface area contributed by atoms with Crippen LogP contribution in [0.2, 0.25) is 0 Å². The highest BCUT2D eigenvalue weighted by Crippen LogP contribution is 2.27. The highest BCUT2D eigenvalue weighted by atomic mass is 79.9. The summed E-state index contributed by atoms with van der Waals surface area (Å²) >= 11 is 3.47. The van der Waals surface area contributed by atoms with E-state index in [0.29, 0.717) is 11.9 Å². The van der Waals surface area contributed by atoms with Gasteiger partial charge in [0.15, 0.2) is 5.75 Å². The summed E-state index contributed by atoms with van der Waals surface area (Å²) in [6, 6.07) is 2.71. The molecule has 5 nitrogen and oxygen atoms in total. The standard InChI is InChI=1S/C15H19BrN4O/c1-2-5-20-10-14(9-19-20)21-15-11(6-12(16)8-18-15)7-17-13-3-4-13/h6,8-10,13,17H,2-5,7H2,1H3. The summed E-state index contributed by atoms with van der Waals surface area (Å²) in [4.78, 5) is 4.38. The molecule has 0 spiro atoms. The molecule has 1 fully saturated rings. The molecule has 0 unspecified atom stereocenters. The van der Waals surface area contributed by atoms with E-state index in [4.69, 9.17) is 4.74 Å². The average molecular weight is 351 g/mol. The van der Waals surface area contributed by atoms with Crippen LogP contribution < -0.4 is 10.1 Å². The number of hydrogen-bond donors (Lipinski definition) is 1. The zero-order chi connectivity index (χ0) is 14.7. The van der Waals surface area contributed by atoms with Crippen molar-refractivity contribution in [1.29, 1.82) is 0 Å². The number of nitrogens with one attached hydrogen (secondary N) is 1. The van der Waals surface area contributed by atoms with Gasteiger partial charge in [-0.05, 0) is 41.3 Å². The Hall–Kier alpha value is -1.40. The molecule has 21 heavy (non-hydrogen) atoms. The minimum atomic E-state index is 0.641. The van der Waals surface area contributed by atoms with Crippen molar-refractivity contribution < 1.29 is 4.74 Å². The van der Waals surface area contributed by atoms with Crippen molar-refractivity contribution in [3.05, 3.63) is 34.7 Å². The molecule has 1 saturated carbocycles. The van der Waals surface area contributed by atoms with Gasteiger partial charge in [0, 0.05) is 35.4 Å². The van der Waals surface area contributed by atoms with Crippen molar-refractivity contribution in [1.82, 2.24) is 20.1 Å². The molecular formula is C15H19BrN4O. The fraction of sp³-hybridized carbons (Fsp3) is 0.467. The van der Waals surface area contributed by atoms with Gasteiger partial charge in [0.2, 0.25) is 5.88 Å². The fourth-order valence-electron chi connectivity index (χ4n) is 2.09. The maximum atomic E-state index is 5.89. The molecule has 0 saturated heterocycles. The van der Waals surface area contributed by atoms with Crippen molar-refractivity contribution in [2.75, 3.05) is 0 Å². The molecular weight excluding hydrogens is 332 g/mol. The van der Waals surface area contributed by atoms with Gasteiger partial charge in [-0.15, -0.1) is 0 Å². The number of halogens is 1. The second-order valence-electron chi connectivity index (χ2n) is 5.31. The van der Waals surface area contributed by atoms with E-state index in [1.54, 1.807) is 12.4 Å². The van der Waals surface area contributed by atoms with Crippen molar-refractivity contribution >= 4 is 15.9 Å². The Morgan fingerprint density at radius 1 is 1.43 bits per heavy atom. The predicted molar refractivity (Wildman–Crippen MR) is 84.4 cm³/mol. The van der Waals surface area contributed by atoms with Gasteiger partial charge in [0.1, 0.15) is 0 Å². The lowest BCUT2D eigenvalue weighted by molar-refractivity contribution is 0.451. The van der Waals surface area contributed by atoms with Crippen molar-refractivity contribution in [2.24, 2.45) is 0 Å². The highest BCUT2D eigenvalue weighted by Gasteiger charge is 2.21. The SMILES string of the molecule is CCCn1cc(Oc2ncc(Br)cc2CNC2CC2)cn1. The Morgan fingerprint density at radius 3 is 3.05 bits per heavy atom. The van der Waals surface area contributed by atoms with Crippen LogP contribution in [-0.2, 0) is 13.1 Å². The summed E-state index contributed by atoms with van der Waals surface area (Å²) in [5.74, 6) is 1.37. The third-order valence-corrected chi connectivity index (χ3v) is 3.76. The van der Waals surface area contributed by atoms with E-state index in [1.807, 2.05) is 16.9 Å². The molecule has 1 N–H and O–H groups in total. The molecule has 2 aromatic heterocycles. The number of pyridine rings is 1. The number of aromatic nitrogens is 3. The maximum Gasteiger partial charge on any atom is 0.223 e. The van der Waals surface area contributed by atoms with Crippen molar-refractivity contribution in [3.63, 3.8) is 0 Å². The van der Waals surface area contributed by atoms with E-state index in [-0.39, 0.29) is 0 Å². The Kier molecular flexibility index (Phi) is 4.55. The van der Waals surface area contributed by atoms with Crippen LogP contribution in [0.25, 0.3) is 0 Å². The molecule has 0 amide bonds. The molecule has 0 bridgehead atoms. The van der Waals surface area contributed by atoms with Gasteiger partial charge in [-0.3, -0.25) is 4.68 Å². The van der Waals surface area contributed by atoms with E-state index in [9.17, 15) is 0 Å². The minimum absolute atomic E-state index is 0.641. The molecule has 3 rings (SSSR count). The third-order valence-electron chi connectivity index (χ3n) is 3.33. The molecule has 1 aliphatic rings. The maximum absolute atomic E-state index is 5.89. The molecule has 6 heteroatoms. The van der Waals surface area contributed by atoms with Gasteiger partial charge in [-0.25, -0.2) is 4.98 Å². The number of hydrogen-bond acceptors (Lipinski definition) is 4. The van der Waals surface area contributed by atoms with Crippen molar-refractivity contribution in [2.45, 2.75) is 45.3 Å². The number of rotatable bonds is 7. The summed E-state index contributed by atoms with van der Waals surface area (Å²) in [6.07, 6.45) is 8.98. The monoisotopic (exact) mass is 350 g/mol. The first-order valence-electron chi connectivity index (χ1n) is 7.32. The summed E-state index contributed by atoms with van der Waals surface area (Å²) in [5.41, 5.74) is 1.06. The van der Waals surface area contributed by atoms with Crippen LogP contribution in [-0.4, -0.2) is 20.8 Å². The summed E-state index contributed by atoms with van der Waals surface area (Å²) in [5, 5.41) is 7.76. The van der Waals surface area contributed by atoms with Gasteiger partial charge < -0.3 is 10.1 Å². The second-order valence-corrected chi connectivity index (χ2v) is 6.23. The highest BCUT2D eigenvalue weighted by molar-refractivity contribution is 9.10. The molecule has 0 aromatic carbocycles. The third kappa shape index (κ3) is 4.04. The Bertz CT molecular complexity index is 609. The largest absolute Gasteiger partial charge is 0.435 e. The first-order chi connectivity index (χ1) is 10.2. The first-order valence-corrected chi connectivity index (χ1v) is 8.12. The molecule has 112 valence electrons. The van der Waals surface area contributed by atoms with Crippen LogP contribution in [0.3, 0.4) is 0 Å². The van der Waals surface area contributed by atoms with Crippen LogP contribution in [0.15, 0.2) is 29.1 Å². The summed E-state index contributed by atoms with van der Waals surface area (Å²) < 4.78 is 8.74. The smallest absolute Gasteiger partial charge is 0.223 e. The zero-order valence-corrected chi connectivity index (χ0v) is 13.6. The molecule has 0 radical (unpaired) electrons. The zero-order valence-electron chi connectivity index (χ0n) is 12.1. The average Bonchev–Trinajstić information content (AvgIpc) is 3.20. The molecule has 2 aromatic rings. The molecule has 2 heterocycles. The Labute approximate surface area is 132 Å². The molecule has 1 aliphatic carbocycles. The lowest BCUT2D eigenvalue weighted by Gasteiger charge is -2.10. The van der Waals surface area contributed by atoms with Crippen LogP contribution in [0.4, 0.5) is 0 Å². The normalized spacial score (nSPS) is 14.4. The van der Waals surface area contributed by atoms with E-state index in [2.05, 4.69) is 38.3 Å². The lowest BCUT2D eigenvalue weighted by atomic mass is 10.2. The van der Waals surface area contributed by atoms with Gasteiger partial charge in [0.25, 0.3) is 0 Å². The quantitative estimate of drug-likeness (QED) is 0.830. The molecule has 0 aliphatic heterocycles. The topological polar surface area (TPSA) is 52.0 Å². The van der Waals surface area contributed by atoms with Crippen LogP contribution >= 0.6 is 15.9 Å². The van der Waals surface area contributed by atoms with Crippen LogP contribution in [0, 0.1) is 0 Å². The van der Waals surface area contributed by atoms with E-state index >= 15 is 0 Å². The van der Waals surface area contributed by atoms with Crippen molar-refractivity contribution in [3.8, 4) is 11.6 Å². The first kappa shape index (κ1) is 14.5. The summed E-state index contributed by atoms with van der Waals surface area (Å²) in [7, 11) is 0. The minimum Gasteiger partial charge on any atom is -0.435 e. The van der Waals surface area contributed by atoms with Crippen LogP contribution in [0.5, 0.6) is 11.6 Å². The fourth-order valence-corrected chi connectivity index (χ4v) is 2.47. The predicted octanol–water partition coefficient (Wildman–Crippen LogP) is 3.49. The van der Waals surface area contributed by atoms with E-state index < -0.39 is 0 Å². The van der Waals surface area contributed by atoms with E-state index in [0.717, 1.165) is 35.3 Å². The van der Waals surface area contributed by atoms with Gasteiger partial charge in [-0.1, -0.05) is 6.92 Å². The van der Waals surface area contributed by atoms with Gasteiger partial charge >= 0.3 is 0 Å². The molecule has 0 atom stereocenters. The van der Waals surface area contributed by atoms with Crippen LogP contribution in [0.1, 0.15) is 31.7 Å². The number of ether oxygens (including phenoxy) is 1. The van der Waals surface area contributed by atoms with Gasteiger partial charge in [0.05, 0.1) is 12.4 Å². The Balaban J connectivity index is 1.72. The second kappa shape index (κ2) is 6.58. The lowest BCUT2D eigenvalue weighted by Crippen LogP contribution is -2.16. The Morgan fingerprint density at radius 2 is 2.29 bits per heavy atom. The van der Waals surface area contributed by atoms with E-state index in [1.165, 1.54) is 12.8 Å². The number of nitrogens with zero attached hydrogens (tertiary/aromatic N) is 3.